The molecule has 0 bridgehead atoms. The number of amides is 1. The second-order valence-corrected chi connectivity index (χ2v) is 5.26. The number of rotatable bonds is 0. The van der Waals surface area contributed by atoms with E-state index in [2.05, 4.69) is 5.73 Å². The smallest absolute Gasteiger partial charge is 0.410 e. The third-order valence-electron chi connectivity index (χ3n) is 2.50. The zero-order valence-electron chi connectivity index (χ0n) is 10.1. The van der Waals surface area contributed by atoms with Gasteiger partial charge in [-0.05, 0) is 27.2 Å². The maximum atomic E-state index is 11.8. The zero-order chi connectivity index (χ0) is 11.5. The molecule has 1 amide bonds. The first-order valence-electron chi connectivity index (χ1n) is 5.69. The van der Waals surface area contributed by atoms with Crippen molar-refractivity contribution in [2.24, 2.45) is 0 Å². The first-order valence-corrected chi connectivity index (χ1v) is 5.69. The number of nitrogens with zero attached hydrogens (tertiary/aromatic N) is 1. The van der Waals surface area contributed by atoms with E-state index in [1.54, 1.807) is 4.90 Å². The van der Waals surface area contributed by atoms with E-state index in [0.717, 1.165) is 32.4 Å². The van der Waals surface area contributed by atoms with Crippen LogP contribution in [0, 0.1) is 0 Å². The number of ether oxygens (including phenoxy) is 1. The average molecular weight is 215 g/mol. The summed E-state index contributed by atoms with van der Waals surface area (Å²) in [6.07, 6.45) is 2.95. The fraction of sp³-hybridized carbons (Fsp3) is 0.909. The van der Waals surface area contributed by atoms with Crippen molar-refractivity contribution < 1.29 is 15.3 Å². The van der Waals surface area contributed by atoms with Gasteiger partial charge < -0.3 is 15.4 Å². The Labute approximate surface area is 91.8 Å². The van der Waals surface area contributed by atoms with Gasteiger partial charge in [-0.1, -0.05) is 0 Å². The molecule has 1 aliphatic rings. The Balaban J connectivity index is 2.45. The van der Waals surface area contributed by atoms with Gasteiger partial charge in [0, 0.05) is 25.9 Å². The summed E-state index contributed by atoms with van der Waals surface area (Å²) in [5.41, 5.74) is 3.65. The largest absolute Gasteiger partial charge is 0.444 e. The molecule has 0 aromatic heterocycles. The molecule has 88 valence electrons. The van der Waals surface area contributed by atoms with E-state index >= 15 is 0 Å². The normalized spacial score (nSPS) is 23.5. The van der Waals surface area contributed by atoms with Crippen LogP contribution in [0.3, 0.4) is 0 Å². The molecule has 4 nitrogen and oxygen atoms in total. The van der Waals surface area contributed by atoms with Gasteiger partial charge in [-0.15, -0.1) is 0 Å². The molecule has 15 heavy (non-hydrogen) atoms. The lowest BCUT2D eigenvalue weighted by atomic mass is 10.1. The van der Waals surface area contributed by atoms with Crippen LogP contribution in [-0.4, -0.2) is 35.7 Å². The van der Waals surface area contributed by atoms with Crippen molar-refractivity contribution in [2.75, 3.05) is 13.1 Å². The molecule has 1 aliphatic heterocycles. The summed E-state index contributed by atoms with van der Waals surface area (Å²) >= 11 is 0. The summed E-state index contributed by atoms with van der Waals surface area (Å²) < 4.78 is 5.33. The van der Waals surface area contributed by atoms with Crippen molar-refractivity contribution in [2.45, 2.75) is 51.7 Å². The van der Waals surface area contributed by atoms with Crippen LogP contribution in [0.2, 0.25) is 0 Å². The maximum Gasteiger partial charge on any atom is 0.410 e. The number of carbonyl (C=O) groups is 1. The summed E-state index contributed by atoms with van der Waals surface area (Å²) in [5, 5.41) is 0. The molecule has 1 saturated heterocycles. The fourth-order valence-electron chi connectivity index (χ4n) is 1.67. The van der Waals surface area contributed by atoms with Crippen LogP contribution in [0.15, 0.2) is 0 Å². The van der Waals surface area contributed by atoms with Gasteiger partial charge in [0.15, 0.2) is 0 Å². The van der Waals surface area contributed by atoms with Crippen LogP contribution in [-0.2, 0) is 4.74 Å². The molecule has 0 aromatic rings. The number of carbonyl (C=O) groups excluding carboxylic acids is 1. The average Bonchev–Trinajstić information content (AvgIpc) is 2.26. The molecular weight excluding hydrogens is 192 g/mol. The first kappa shape index (κ1) is 12.3. The fourth-order valence-corrected chi connectivity index (χ4v) is 1.67. The number of quaternary nitrogens is 1. The van der Waals surface area contributed by atoms with Gasteiger partial charge in [-0.2, -0.15) is 0 Å². The van der Waals surface area contributed by atoms with Crippen LogP contribution in [0.25, 0.3) is 0 Å². The van der Waals surface area contributed by atoms with Gasteiger partial charge >= 0.3 is 6.09 Å². The molecule has 1 fully saturated rings. The third kappa shape index (κ3) is 4.51. The molecule has 1 rings (SSSR count). The molecule has 0 radical (unpaired) electrons. The quantitative estimate of drug-likeness (QED) is 0.656. The molecule has 0 aromatic carbocycles. The standard InChI is InChI=1S/C11H22N2O2/c1-11(2,3)15-10(14)13-7-4-5-9(12)6-8-13/h9H,4-8,12H2,1-3H3/p+1/t9-/m0/s1. The van der Waals surface area contributed by atoms with Gasteiger partial charge in [0.2, 0.25) is 0 Å². The third-order valence-corrected chi connectivity index (χ3v) is 2.50. The van der Waals surface area contributed by atoms with Gasteiger partial charge in [0.1, 0.15) is 5.60 Å². The topological polar surface area (TPSA) is 57.2 Å². The van der Waals surface area contributed by atoms with Crippen molar-refractivity contribution in [3.63, 3.8) is 0 Å². The molecule has 0 spiro atoms. The highest BCUT2D eigenvalue weighted by Crippen LogP contribution is 2.13. The Morgan fingerprint density at radius 1 is 1.33 bits per heavy atom. The van der Waals surface area contributed by atoms with Crippen molar-refractivity contribution in [3.8, 4) is 0 Å². The number of likely N-dealkylation sites (tertiary alicyclic amines) is 1. The molecule has 1 heterocycles. The molecule has 0 aliphatic carbocycles. The van der Waals surface area contributed by atoms with Gasteiger partial charge in [-0.3, -0.25) is 0 Å². The minimum absolute atomic E-state index is 0.184. The lowest BCUT2D eigenvalue weighted by molar-refractivity contribution is -0.421. The predicted molar refractivity (Wildman–Crippen MR) is 58.3 cm³/mol. The summed E-state index contributed by atoms with van der Waals surface area (Å²) in [5.74, 6) is 0. The summed E-state index contributed by atoms with van der Waals surface area (Å²) in [4.78, 5) is 13.6. The number of hydrogen-bond acceptors (Lipinski definition) is 2. The minimum atomic E-state index is -0.396. The van der Waals surface area contributed by atoms with Crippen LogP contribution in [0.1, 0.15) is 40.0 Å². The maximum absolute atomic E-state index is 11.8. The predicted octanol–water partition coefficient (Wildman–Crippen LogP) is 1.02. The second-order valence-electron chi connectivity index (χ2n) is 5.26. The molecule has 3 N–H and O–H groups in total. The molecule has 1 atom stereocenters. The van der Waals surface area contributed by atoms with Crippen LogP contribution in [0.4, 0.5) is 4.79 Å². The molecule has 4 heteroatoms. The Hall–Kier alpha value is -0.770. The van der Waals surface area contributed by atoms with E-state index in [9.17, 15) is 4.79 Å². The van der Waals surface area contributed by atoms with Crippen LogP contribution >= 0.6 is 0 Å². The van der Waals surface area contributed by atoms with Crippen molar-refractivity contribution in [3.05, 3.63) is 0 Å². The van der Waals surface area contributed by atoms with E-state index in [4.69, 9.17) is 4.74 Å². The highest BCUT2D eigenvalue weighted by atomic mass is 16.6. The molecule has 0 saturated carbocycles. The van der Waals surface area contributed by atoms with Crippen LogP contribution < -0.4 is 5.73 Å². The van der Waals surface area contributed by atoms with E-state index in [0.29, 0.717) is 6.04 Å². The van der Waals surface area contributed by atoms with Crippen molar-refractivity contribution in [1.29, 1.82) is 0 Å². The van der Waals surface area contributed by atoms with Crippen molar-refractivity contribution >= 4 is 6.09 Å². The Morgan fingerprint density at radius 2 is 2.00 bits per heavy atom. The highest BCUT2D eigenvalue weighted by Gasteiger charge is 2.24. The monoisotopic (exact) mass is 215 g/mol. The Morgan fingerprint density at radius 3 is 2.60 bits per heavy atom. The van der Waals surface area contributed by atoms with E-state index in [1.165, 1.54) is 0 Å². The van der Waals surface area contributed by atoms with Crippen molar-refractivity contribution in [1.82, 2.24) is 4.90 Å². The van der Waals surface area contributed by atoms with Gasteiger partial charge in [-0.25, -0.2) is 4.79 Å². The van der Waals surface area contributed by atoms with E-state index in [1.807, 2.05) is 20.8 Å². The summed E-state index contributed by atoms with van der Waals surface area (Å²) in [7, 11) is 0. The number of hydrogen-bond donors (Lipinski definition) is 1. The second kappa shape index (κ2) is 4.84. The van der Waals surface area contributed by atoms with E-state index in [-0.39, 0.29) is 6.09 Å². The zero-order valence-corrected chi connectivity index (χ0v) is 10.1. The Kier molecular flexibility index (Phi) is 3.97. The summed E-state index contributed by atoms with van der Waals surface area (Å²) in [6.45, 7) is 7.27. The Bertz CT molecular complexity index is 223. The van der Waals surface area contributed by atoms with Crippen LogP contribution in [0.5, 0.6) is 0 Å². The summed E-state index contributed by atoms with van der Waals surface area (Å²) in [6, 6.07) is 0.484. The molecular formula is C11H23N2O2+. The minimum Gasteiger partial charge on any atom is -0.444 e. The highest BCUT2D eigenvalue weighted by molar-refractivity contribution is 5.68. The van der Waals surface area contributed by atoms with E-state index < -0.39 is 5.60 Å². The van der Waals surface area contributed by atoms with Gasteiger partial charge in [0.05, 0.1) is 6.04 Å². The first-order chi connectivity index (χ1) is 6.88. The van der Waals surface area contributed by atoms with Gasteiger partial charge in [0.25, 0.3) is 0 Å². The molecule has 0 unspecified atom stereocenters. The lowest BCUT2D eigenvalue weighted by Gasteiger charge is -2.26. The SMILES string of the molecule is CC(C)(C)OC(=O)N1CCC[C@H]([NH3+])CC1. The lowest BCUT2D eigenvalue weighted by Crippen LogP contribution is -2.60.